The second-order valence-corrected chi connectivity index (χ2v) is 3.91. The molecule has 2 rings (SSSR count). The Morgan fingerprint density at radius 2 is 2.37 bits per heavy atom. The van der Waals surface area contributed by atoms with Crippen LogP contribution in [0.5, 0.6) is 0 Å². The molecule has 0 unspecified atom stereocenters. The van der Waals surface area contributed by atoms with E-state index in [9.17, 15) is 10.1 Å². The third kappa shape index (κ3) is 2.74. The van der Waals surface area contributed by atoms with Gasteiger partial charge in [0.25, 0.3) is 0 Å². The van der Waals surface area contributed by atoms with Gasteiger partial charge < -0.3 is 10.1 Å². The zero-order valence-electron chi connectivity index (χ0n) is 10.2. The van der Waals surface area contributed by atoms with E-state index in [1.165, 1.54) is 10.8 Å². The van der Waals surface area contributed by atoms with Crippen LogP contribution in [-0.2, 0) is 20.0 Å². The fourth-order valence-corrected chi connectivity index (χ4v) is 1.61. The van der Waals surface area contributed by atoms with Gasteiger partial charge in [-0.3, -0.25) is 0 Å². The van der Waals surface area contributed by atoms with Gasteiger partial charge in [-0.2, -0.15) is 5.26 Å². The lowest BCUT2D eigenvalue weighted by atomic mass is 10.3. The number of hydrogen-bond acceptors (Lipinski definition) is 6. The van der Waals surface area contributed by atoms with Crippen molar-refractivity contribution in [2.75, 3.05) is 0 Å². The van der Waals surface area contributed by atoms with Crippen molar-refractivity contribution in [3.8, 4) is 6.07 Å². The Hall–Kier alpha value is -2.76. The Morgan fingerprint density at radius 3 is 3.00 bits per heavy atom. The van der Waals surface area contributed by atoms with Crippen molar-refractivity contribution in [3.05, 3.63) is 34.0 Å². The molecule has 2 heterocycles. The molecule has 0 aliphatic carbocycles. The molecule has 0 saturated carbocycles. The monoisotopic (exact) mass is 261 g/mol. The van der Waals surface area contributed by atoms with Gasteiger partial charge in [-0.05, 0) is 4.92 Å². The topological polar surface area (TPSA) is 115 Å². The number of nitrogens with zero attached hydrogens (tertiary/aromatic N) is 7. The maximum atomic E-state index is 10.7. The van der Waals surface area contributed by atoms with Crippen LogP contribution in [0.15, 0.2) is 12.4 Å². The molecular weight excluding hydrogens is 250 g/mol. The maximum absolute atomic E-state index is 10.7. The van der Waals surface area contributed by atoms with E-state index in [-0.39, 0.29) is 5.82 Å². The normalized spacial score (nSPS) is 10.3. The number of imidazole rings is 1. The first-order valence-electron chi connectivity index (χ1n) is 5.52. The maximum Gasteiger partial charge on any atom is 0.342 e. The quantitative estimate of drug-likeness (QED) is 0.569. The van der Waals surface area contributed by atoms with E-state index < -0.39 is 4.92 Å². The summed E-state index contributed by atoms with van der Waals surface area (Å²) in [4.78, 5) is 14.2. The van der Waals surface area contributed by atoms with Crippen molar-refractivity contribution in [2.45, 2.75) is 19.4 Å². The summed E-state index contributed by atoms with van der Waals surface area (Å²) in [5.41, 5.74) is 0.713. The average molecular weight is 261 g/mol. The van der Waals surface area contributed by atoms with Crippen molar-refractivity contribution >= 4 is 5.82 Å². The third-order valence-corrected chi connectivity index (χ3v) is 2.63. The highest BCUT2D eigenvalue weighted by atomic mass is 16.6. The first-order valence-corrected chi connectivity index (χ1v) is 5.52. The van der Waals surface area contributed by atoms with Crippen LogP contribution < -0.4 is 0 Å². The summed E-state index contributed by atoms with van der Waals surface area (Å²) in [5.74, 6) is 0.447. The lowest BCUT2D eigenvalue weighted by Gasteiger charge is -1.98. The molecule has 0 fully saturated rings. The lowest BCUT2D eigenvalue weighted by molar-refractivity contribution is -0.391. The van der Waals surface area contributed by atoms with Crippen LogP contribution in [0, 0.1) is 21.4 Å². The first-order chi connectivity index (χ1) is 9.11. The molecular formula is C10H11N7O2. The van der Waals surface area contributed by atoms with E-state index in [2.05, 4.69) is 15.3 Å². The zero-order chi connectivity index (χ0) is 13.8. The molecule has 2 aromatic heterocycles. The van der Waals surface area contributed by atoms with E-state index >= 15 is 0 Å². The second-order valence-electron chi connectivity index (χ2n) is 3.91. The number of rotatable bonds is 5. The molecule has 0 aliphatic heterocycles. The third-order valence-electron chi connectivity index (χ3n) is 2.63. The van der Waals surface area contributed by atoms with Crippen LogP contribution in [0.1, 0.15) is 17.9 Å². The molecule has 0 atom stereocenters. The highest BCUT2D eigenvalue weighted by Crippen LogP contribution is 2.12. The molecule has 0 spiro atoms. The minimum atomic E-state index is -0.490. The van der Waals surface area contributed by atoms with Crippen molar-refractivity contribution in [3.63, 3.8) is 0 Å². The van der Waals surface area contributed by atoms with Crippen molar-refractivity contribution in [2.24, 2.45) is 7.05 Å². The van der Waals surface area contributed by atoms with E-state index in [4.69, 9.17) is 5.26 Å². The molecule has 0 amide bonds. The van der Waals surface area contributed by atoms with Crippen LogP contribution >= 0.6 is 0 Å². The Bertz CT molecular complexity index is 637. The van der Waals surface area contributed by atoms with Gasteiger partial charge in [0.1, 0.15) is 12.7 Å². The summed E-state index contributed by atoms with van der Waals surface area (Å²) in [6, 6.07) is 2.03. The molecule has 98 valence electrons. The summed E-state index contributed by atoms with van der Waals surface area (Å²) in [6.07, 6.45) is 3.84. The molecule has 0 aliphatic rings. The van der Waals surface area contributed by atoms with Crippen LogP contribution in [-0.4, -0.2) is 29.5 Å². The smallest absolute Gasteiger partial charge is 0.342 e. The number of aromatic nitrogens is 5. The van der Waals surface area contributed by atoms with Crippen LogP contribution in [0.4, 0.5) is 5.82 Å². The highest BCUT2D eigenvalue weighted by molar-refractivity contribution is 5.18. The van der Waals surface area contributed by atoms with E-state index in [1.54, 1.807) is 17.9 Å². The van der Waals surface area contributed by atoms with Crippen molar-refractivity contribution in [1.82, 2.24) is 24.5 Å². The standard InChI is InChI=1S/C10H11N7O2/c1-15-9(12-5-10(15)17(18)19)7-16-6-8(13-14-16)3-2-4-11/h5-6H,2-3,7H2,1H3. The van der Waals surface area contributed by atoms with E-state index in [0.29, 0.717) is 30.9 Å². The first kappa shape index (κ1) is 12.7. The number of nitriles is 1. The largest absolute Gasteiger partial charge is 0.358 e. The molecule has 19 heavy (non-hydrogen) atoms. The summed E-state index contributed by atoms with van der Waals surface area (Å²) < 4.78 is 2.94. The average Bonchev–Trinajstić information content (AvgIpc) is 2.95. The number of nitro groups is 1. The van der Waals surface area contributed by atoms with Crippen molar-refractivity contribution < 1.29 is 4.92 Å². The van der Waals surface area contributed by atoms with Gasteiger partial charge in [0.2, 0.25) is 5.82 Å². The van der Waals surface area contributed by atoms with Gasteiger partial charge in [-0.25, -0.2) is 14.2 Å². The summed E-state index contributed by atoms with van der Waals surface area (Å²) in [7, 11) is 1.58. The lowest BCUT2D eigenvalue weighted by Crippen LogP contribution is -2.08. The summed E-state index contributed by atoms with van der Waals surface area (Å²) in [6.45, 7) is 0.296. The predicted octanol–water partition coefficient (Wildman–Crippen LogP) is 0.424. The number of hydrogen-bond donors (Lipinski definition) is 0. The molecule has 0 N–H and O–H groups in total. The Labute approximate surface area is 108 Å². The Balaban J connectivity index is 2.11. The minimum absolute atomic E-state index is 0.0696. The number of aryl methyl sites for hydroxylation is 1. The Morgan fingerprint density at radius 1 is 1.58 bits per heavy atom. The van der Waals surface area contributed by atoms with Crippen LogP contribution in [0.25, 0.3) is 0 Å². The van der Waals surface area contributed by atoms with Gasteiger partial charge in [0.05, 0.1) is 18.8 Å². The SMILES string of the molecule is Cn1c([N+](=O)[O-])cnc1Cn1cc(CCC#N)nn1. The second kappa shape index (κ2) is 5.26. The molecule has 2 aromatic rings. The van der Waals surface area contributed by atoms with Gasteiger partial charge in [-0.15, -0.1) is 5.10 Å². The summed E-state index contributed by atoms with van der Waals surface area (Å²) in [5, 5.41) is 27.0. The van der Waals surface area contributed by atoms with Gasteiger partial charge >= 0.3 is 5.82 Å². The van der Waals surface area contributed by atoms with Crippen LogP contribution in [0.2, 0.25) is 0 Å². The molecule has 9 heteroatoms. The van der Waals surface area contributed by atoms with Crippen LogP contribution in [0.3, 0.4) is 0 Å². The molecule has 0 aromatic carbocycles. The fraction of sp³-hybridized carbons (Fsp3) is 0.400. The van der Waals surface area contributed by atoms with Gasteiger partial charge in [0, 0.05) is 19.0 Å². The van der Waals surface area contributed by atoms with E-state index in [1.807, 2.05) is 6.07 Å². The zero-order valence-corrected chi connectivity index (χ0v) is 10.2. The predicted molar refractivity (Wildman–Crippen MR) is 62.9 cm³/mol. The molecule has 9 nitrogen and oxygen atoms in total. The fourth-order valence-electron chi connectivity index (χ4n) is 1.61. The van der Waals surface area contributed by atoms with Gasteiger partial charge in [0.15, 0.2) is 0 Å². The molecule has 0 bridgehead atoms. The summed E-state index contributed by atoms with van der Waals surface area (Å²) >= 11 is 0. The minimum Gasteiger partial charge on any atom is -0.358 e. The van der Waals surface area contributed by atoms with E-state index in [0.717, 1.165) is 0 Å². The highest BCUT2D eigenvalue weighted by Gasteiger charge is 2.17. The molecule has 0 radical (unpaired) electrons. The van der Waals surface area contributed by atoms with Crippen molar-refractivity contribution in [1.29, 1.82) is 5.26 Å². The van der Waals surface area contributed by atoms with Gasteiger partial charge in [-0.1, -0.05) is 5.21 Å². The Kier molecular flexibility index (Phi) is 3.51. The molecule has 0 saturated heterocycles.